The Balaban J connectivity index is 1.54. The molecule has 0 spiro atoms. The van der Waals surface area contributed by atoms with Crippen molar-refractivity contribution < 1.29 is 19.1 Å². The zero-order valence-electron chi connectivity index (χ0n) is 16.5. The van der Waals surface area contributed by atoms with Crippen LogP contribution in [0.2, 0.25) is 0 Å². The first-order valence-corrected chi connectivity index (χ1v) is 11.9. The fourth-order valence-electron chi connectivity index (χ4n) is 3.22. The SMILES string of the molecule is O=C(CCCl)OCCCCCCSc1ccc(OC(=O)C2CCCCC2)cc1. The average Bonchev–Trinajstić information content (AvgIpc) is 2.72. The molecule has 28 heavy (non-hydrogen) atoms. The van der Waals surface area contributed by atoms with Gasteiger partial charge in [-0.1, -0.05) is 32.1 Å². The van der Waals surface area contributed by atoms with E-state index in [1.54, 1.807) is 0 Å². The minimum Gasteiger partial charge on any atom is -0.466 e. The molecule has 156 valence electrons. The summed E-state index contributed by atoms with van der Waals surface area (Å²) in [6, 6.07) is 7.81. The quantitative estimate of drug-likeness (QED) is 0.135. The molecule has 4 nitrogen and oxygen atoms in total. The number of halogens is 1. The molecule has 6 heteroatoms. The Morgan fingerprint density at radius 2 is 1.71 bits per heavy atom. The molecule has 1 fully saturated rings. The molecular weight excluding hydrogens is 396 g/mol. The first-order chi connectivity index (χ1) is 13.7. The number of esters is 2. The van der Waals surface area contributed by atoms with Crippen molar-refractivity contribution >= 4 is 35.3 Å². The van der Waals surface area contributed by atoms with Crippen LogP contribution in [0.3, 0.4) is 0 Å². The van der Waals surface area contributed by atoms with Crippen LogP contribution in [0.15, 0.2) is 29.2 Å². The summed E-state index contributed by atoms with van der Waals surface area (Å²) in [7, 11) is 0. The van der Waals surface area contributed by atoms with E-state index in [1.165, 1.54) is 11.3 Å². The second-order valence-electron chi connectivity index (χ2n) is 7.15. The van der Waals surface area contributed by atoms with E-state index in [-0.39, 0.29) is 24.3 Å². The largest absolute Gasteiger partial charge is 0.466 e. The van der Waals surface area contributed by atoms with Crippen LogP contribution >= 0.6 is 23.4 Å². The van der Waals surface area contributed by atoms with Crippen molar-refractivity contribution in [3.63, 3.8) is 0 Å². The van der Waals surface area contributed by atoms with Crippen molar-refractivity contribution in [2.24, 2.45) is 5.92 Å². The second kappa shape index (κ2) is 13.9. The molecule has 0 atom stereocenters. The van der Waals surface area contributed by atoms with Gasteiger partial charge in [0.05, 0.1) is 18.9 Å². The van der Waals surface area contributed by atoms with Crippen LogP contribution < -0.4 is 4.74 Å². The number of rotatable bonds is 12. The van der Waals surface area contributed by atoms with Crippen molar-refractivity contribution in [1.82, 2.24) is 0 Å². The highest BCUT2D eigenvalue weighted by Gasteiger charge is 2.22. The molecule has 0 aliphatic heterocycles. The zero-order chi connectivity index (χ0) is 20.0. The molecule has 0 radical (unpaired) electrons. The summed E-state index contributed by atoms with van der Waals surface area (Å²) < 4.78 is 10.6. The van der Waals surface area contributed by atoms with Gasteiger partial charge in [0, 0.05) is 10.8 Å². The third-order valence-electron chi connectivity index (χ3n) is 4.85. The van der Waals surface area contributed by atoms with E-state index >= 15 is 0 Å². The molecule has 1 aliphatic rings. The Bertz CT molecular complexity index is 585. The lowest BCUT2D eigenvalue weighted by molar-refractivity contribution is -0.143. The van der Waals surface area contributed by atoms with E-state index in [2.05, 4.69) is 0 Å². The Morgan fingerprint density at radius 3 is 2.43 bits per heavy atom. The van der Waals surface area contributed by atoms with E-state index in [0.29, 0.717) is 18.2 Å². The number of carbonyl (C=O) groups excluding carboxylic acids is 2. The van der Waals surface area contributed by atoms with Crippen molar-refractivity contribution in [1.29, 1.82) is 0 Å². The standard InChI is InChI=1S/C22H31ClO4S/c23-15-14-21(24)26-16-6-1-2-7-17-28-20-12-10-19(11-13-20)27-22(25)18-8-4-3-5-9-18/h10-13,18H,1-9,14-17H2. The smallest absolute Gasteiger partial charge is 0.314 e. The number of unbranched alkanes of at least 4 members (excludes halogenated alkanes) is 3. The Labute approximate surface area is 177 Å². The number of benzene rings is 1. The summed E-state index contributed by atoms with van der Waals surface area (Å²) in [5, 5.41) is 0. The number of hydrogen-bond acceptors (Lipinski definition) is 5. The van der Waals surface area contributed by atoms with Crippen LogP contribution in [0, 0.1) is 5.92 Å². The molecule has 1 aromatic carbocycles. The van der Waals surface area contributed by atoms with E-state index in [1.807, 2.05) is 36.0 Å². The first-order valence-electron chi connectivity index (χ1n) is 10.3. The number of thioether (sulfide) groups is 1. The van der Waals surface area contributed by atoms with E-state index in [0.717, 1.165) is 57.1 Å². The predicted molar refractivity (Wildman–Crippen MR) is 114 cm³/mol. The summed E-state index contributed by atoms with van der Waals surface area (Å²) in [6.45, 7) is 0.490. The fourth-order valence-corrected chi connectivity index (χ4v) is 4.29. The van der Waals surface area contributed by atoms with Gasteiger partial charge in [0.1, 0.15) is 5.75 Å². The summed E-state index contributed by atoms with van der Waals surface area (Å²) in [5.41, 5.74) is 0. The van der Waals surface area contributed by atoms with Crippen LogP contribution in [-0.2, 0) is 14.3 Å². The first kappa shape index (κ1) is 23.1. The molecule has 1 saturated carbocycles. The second-order valence-corrected chi connectivity index (χ2v) is 8.70. The lowest BCUT2D eigenvalue weighted by Crippen LogP contribution is -2.22. The van der Waals surface area contributed by atoms with Gasteiger partial charge >= 0.3 is 11.9 Å². The summed E-state index contributed by atoms with van der Waals surface area (Å²) in [5.74, 6) is 1.80. The monoisotopic (exact) mass is 426 g/mol. The number of hydrogen-bond donors (Lipinski definition) is 0. The average molecular weight is 427 g/mol. The zero-order valence-corrected chi connectivity index (χ0v) is 18.1. The van der Waals surface area contributed by atoms with E-state index in [9.17, 15) is 9.59 Å². The van der Waals surface area contributed by atoms with Crippen molar-refractivity contribution in [3.8, 4) is 5.75 Å². The molecule has 1 aliphatic carbocycles. The van der Waals surface area contributed by atoms with Gasteiger partial charge in [0.25, 0.3) is 0 Å². The highest BCUT2D eigenvalue weighted by atomic mass is 35.5. The van der Waals surface area contributed by atoms with Gasteiger partial charge in [0.15, 0.2) is 0 Å². The molecule has 0 N–H and O–H groups in total. The van der Waals surface area contributed by atoms with E-state index in [4.69, 9.17) is 21.1 Å². The van der Waals surface area contributed by atoms with Gasteiger partial charge in [-0.2, -0.15) is 0 Å². The number of alkyl halides is 1. The maximum absolute atomic E-state index is 12.2. The summed E-state index contributed by atoms with van der Waals surface area (Å²) >= 11 is 7.29. The Kier molecular flexibility index (Phi) is 11.5. The van der Waals surface area contributed by atoms with Gasteiger partial charge < -0.3 is 9.47 Å². The van der Waals surface area contributed by atoms with E-state index < -0.39 is 0 Å². The molecule has 2 rings (SSSR count). The fraction of sp³-hybridized carbons (Fsp3) is 0.636. The third-order valence-corrected chi connectivity index (χ3v) is 6.14. The molecule has 0 unspecified atom stereocenters. The number of carbonyl (C=O) groups is 2. The van der Waals surface area contributed by atoms with Crippen molar-refractivity contribution in [3.05, 3.63) is 24.3 Å². The van der Waals surface area contributed by atoms with Gasteiger partial charge in [0.2, 0.25) is 0 Å². The maximum Gasteiger partial charge on any atom is 0.314 e. The Hall–Kier alpha value is -1.20. The highest BCUT2D eigenvalue weighted by molar-refractivity contribution is 7.99. The van der Waals surface area contributed by atoms with Gasteiger partial charge in [-0.25, -0.2) is 0 Å². The predicted octanol–water partition coefficient (Wildman–Crippen LogP) is 6.00. The van der Waals surface area contributed by atoms with Gasteiger partial charge in [-0.05, 0) is 55.7 Å². The lowest BCUT2D eigenvalue weighted by atomic mass is 9.89. The summed E-state index contributed by atoms with van der Waals surface area (Å²) in [4.78, 5) is 24.5. The molecule has 0 aromatic heterocycles. The highest BCUT2D eigenvalue weighted by Crippen LogP contribution is 2.27. The van der Waals surface area contributed by atoms with Crippen molar-refractivity contribution in [2.75, 3.05) is 18.2 Å². The van der Waals surface area contributed by atoms with Gasteiger partial charge in [-0.3, -0.25) is 9.59 Å². The van der Waals surface area contributed by atoms with Crippen LogP contribution in [0.25, 0.3) is 0 Å². The van der Waals surface area contributed by atoms with Crippen LogP contribution in [-0.4, -0.2) is 30.2 Å². The normalized spacial score (nSPS) is 14.6. The lowest BCUT2D eigenvalue weighted by Gasteiger charge is -2.19. The topological polar surface area (TPSA) is 52.6 Å². The molecule has 0 bridgehead atoms. The number of ether oxygens (including phenoxy) is 2. The third kappa shape index (κ3) is 9.33. The molecular formula is C22H31ClO4S. The summed E-state index contributed by atoms with van der Waals surface area (Å²) in [6.07, 6.45) is 9.92. The Morgan fingerprint density at radius 1 is 1.00 bits per heavy atom. The molecule has 1 aromatic rings. The van der Waals surface area contributed by atoms with Crippen LogP contribution in [0.4, 0.5) is 0 Å². The minimum atomic E-state index is -0.210. The van der Waals surface area contributed by atoms with Gasteiger partial charge in [-0.15, -0.1) is 23.4 Å². The molecule has 0 saturated heterocycles. The van der Waals surface area contributed by atoms with Crippen LogP contribution in [0.5, 0.6) is 5.75 Å². The molecule has 0 heterocycles. The molecule has 0 amide bonds. The van der Waals surface area contributed by atoms with Crippen LogP contribution in [0.1, 0.15) is 64.2 Å². The van der Waals surface area contributed by atoms with Crippen molar-refractivity contribution in [2.45, 2.75) is 69.1 Å². The maximum atomic E-state index is 12.2. The minimum absolute atomic E-state index is 0.0755.